The first-order valence-corrected chi connectivity index (χ1v) is 13.8. The lowest BCUT2D eigenvalue weighted by Crippen LogP contribution is -2.17. The molecule has 1 N–H and O–H groups in total. The summed E-state index contributed by atoms with van der Waals surface area (Å²) in [7, 11) is -8.48. The van der Waals surface area contributed by atoms with Gasteiger partial charge < -0.3 is 4.18 Å². The molecule has 146 valence electrons. The third-order valence-corrected chi connectivity index (χ3v) is 10.4. The molecule has 27 heavy (non-hydrogen) atoms. The van der Waals surface area contributed by atoms with Crippen molar-refractivity contribution in [2.24, 2.45) is 0 Å². The minimum absolute atomic E-state index is 0.0721. The summed E-state index contributed by atoms with van der Waals surface area (Å²) in [5.74, 6) is 0.113. The largest absolute Gasteiger partial charge is 0.379 e. The zero-order valence-electron chi connectivity index (χ0n) is 13.6. The van der Waals surface area contributed by atoms with Crippen LogP contribution in [0.25, 0.3) is 0 Å². The molecule has 1 aliphatic carbocycles. The summed E-state index contributed by atoms with van der Waals surface area (Å²) >= 11 is 6.08. The standard InChI is InChI=1S/C16H13I3O6S2/c17-9-7-12(18)16(19)15(8-9)27(23,24)25-13-5-6-14(26(20,21)22)11-4-2-1-3-10(11)13/h5-8H,1-4H2,(H,20,21,22). The van der Waals surface area contributed by atoms with Gasteiger partial charge in [-0.1, -0.05) is 0 Å². The van der Waals surface area contributed by atoms with Gasteiger partial charge in [0.05, 0.1) is 4.90 Å². The van der Waals surface area contributed by atoms with E-state index in [2.05, 4.69) is 22.6 Å². The molecule has 11 heteroatoms. The Morgan fingerprint density at radius 3 is 2.15 bits per heavy atom. The summed E-state index contributed by atoms with van der Waals surface area (Å²) in [6.45, 7) is 0. The molecule has 0 amide bonds. The van der Waals surface area contributed by atoms with Crippen molar-refractivity contribution in [3.8, 4) is 5.75 Å². The maximum absolute atomic E-state index is 12.9. The zero-order valence-corrected chi connectivity index (χ0v) is 21.7. The van der Waals surface area contributed by atoms with Crippen LogP contribution in [0.3, 0.4) is 0 Å². The Morgan fingerprint density at radius 2 is 1.52 bits per heavy atom. The monoisotopic (exact) mass is 746 g/mol. The van der Waals surface area contributed by atoms with Crippen molar-refractivity contribution >= 4 is 88.0 Å². The molecule has 0 heterocycles. The molecule has 0 aromatic heterocycles. The molecule has 6 nitrogen and oxygen atoms in total. The smallest absolute Gasteiger partial charge is 0.340 e. The number of fused-ring (bicyclic) bond motifs is 1. The van der Waals surface area contributed by atoms with E-state index in [9.17, 15) is 21.4 Å². The molecule has 0 saturated heterocycles. The topological polar surface area (TPSA) is 97.7 Å². The normalized spacial score (nSPS) is 14.7. The van der Waals surface area contributed by atoms with E-state index >= 15 is 0 Å². The fraction of sp³-hybridized carbons (Fsp3) is 0.250. The van der Waals surface area contributed by atoms with Crippen molar-refractivity contribution in [2.45, 2.75) is 35.5 Å². The molecule has 0 aliphatic heterocycles. The van der Waals surface area contributed by atoms with Crippen LogP contribution in [0.15, 0.2) is 34.1 Å². The molecular formula is C16H13I3O6S2. The molecule has 0 radical (unpaired) electrons. The Hall–Kier alpha value is 0.290. The van der Waals surface area contributed by atoms with Gasteiger partial charge in [0.2, 0.25) is 0 Å². The summed E-state index contributed by atoms with van der Waals surface area (Å²) in [5.41, 5.74) is 0.957. The van der Waals surface area contributed by atoms with Gasteiger partial charge in [0.1, 0.15) is 10.6 Å². The molecular weight excluding hydrogens is 733 g/mol. The average Bonchev–Trinajstić information content (AvgIpc) is 2.57. The van der Waals surface area contributed by atoms with Crippen molar-refractivity contribution < 1.29 is 25.6 Å². The van der Waals surface area contributed by atoms with Crippen molar-refractivity contribution in [1.82, 2.24) is 0 Å². The minimum atomic E-state index is -4.38. The van der Waals surface area contributed by atoms with Crippen LogP contribution < -0.4 is 4.18 Å². The summed E-state index contributed by atoms with van der Waals surface area (Å²) in [5, 5.41) is 0. The number of benzene rings is 2. The lowest BCUT2D eigenvalue weighted by atomic mass is 9.91. The summed E-state index contributed by atoms with van der Waals surface area (Å²) in [6.07, 6.45) is 2.49. The van der Waals surface area contributed by atoms with Gasteiger partial charge in [-0.25, -0.2) is 0 Å². The van der Waals surface area contributed by atoms with Gasteiger partial charge in [-0.15, -0.1) is 0 Å². The van der Waals surface area contributed by atoms with Gasteiger partial charge >= 0.3 is 10.1 Å². The molecule has 2 aromatic rings. The van der Waals surface area contributed by atoms with Crippen LogP contribution in [-0.2, 0) is 33.1 Å². The SMILES string of the molecule is O=S(=O)(O)c1ccc(OS(=O)(=O)c2cc(I)cc(I)c2I)c2c1CCCC2. The number of hydrogen-bond acceptors (Lipinski definition) is 5. The molecule has 0 unspecified atom stereocenters. The second kappa shape index (κ2) is 8.20. The van der Waals surface area contributed by atoms with Gasteiger partial charge in [0.15, 0.2) is 0 Å². The van der Waals surface area contributed by atoms with Crippen molar-refractivity contribution in [1.29, 1.82) is 0 Å². The molecule has 0 saturated carbocycles. The fourth-order valence-electron chi connectivity index (χ4n) is 3.00. The van der Waals surface area contributed by atoms with Crippen LogP contribution in [0.2, 0.25) is 0 Å². The van der Waals surface area contributed by atoms with Crippen molar-refractivity contribution in [3.05, 3.63) is 46.1 Å². The summed E-state index contributed by atoms with van der Waals surface area (Å²) in [4.78, 5) is -0.108. The number of halogens is 3. The third-order valence-electron chi connectivity index (χ3n) is 4.16. The maximum Gasteiger partial charge on any atom is 0.340 e. The summed E-state index contributed by atoms with van der Waals surface area (Å²) < 4.78 is 66.1. The maximum atomic E-state index is 12.9. The van der Waals surface area contributed by atoms with E-state index in [1.165, 1.54) is 12.1 Å². The lowest BCUT2D eigenvalue weighted by molar-refractivity contribution is 0.474. The van der Waals surface area contributed by atoms with E-state index in [0.717, 1.165) is 20.0 Å². The Bertz CT molecular complexity index is 1130. The quantitative estimate of drug-likeness (QED) is 0.216. The van der Waals surface area contributed by atoms with Gasteiger partial charge in [-0.2, -0.15) is 16.8 Å². The average molecular weight is 746 g/mol. The highest BCUT2D eigenvalue weighted by Gasteiger charge is 2.28. The van der Waals surface area contributed by atoms with Crippen LogP contribution in [0, 0.1) is 10.7 Å². The first-order valence-electron chi connectivity index (χ1n) is 7.72. The highest BCUT2D eigenvalue weighted by molar-refractivity contribution is 14.1. The van der Waals surface area contributed by atoms with E-state index in [1.54, 1.807) is 6.07 Å². The van der Waals surface area contributed by atoms with Crippen LogP contribution in [0.5, 0.6) is 5.75 Å². The van der Waals surface area contributed by atoms with Gasteiger partial charge in [-0.05, 0) is 123 Å². The van der Waals surface area contributed by atoms with E-state index in [0.29, 0.717) is 27.5 Å². The highest BCUT2D eigenvalue weighted by atomic mass is 127. The third kappa shape index (κ3) is 4.73. The molecule has 0 atom stereocenters. The lowest BCUT2D eigenvalue weighted by Gasteiger charge is -2.21. The fourth-order valence-corrected chi connectivity index (χ4v) is 8.22. The van der Waals surface area contributed by atoms with E-state index in [4.69, 9.17) is 4.18 Å². The number of hydrogen-bond donors (Lipinski definition) is 1. The van der Waals surface area contributed by atoms with Crippen LogP contribution in [-0.4, -0.2) is 21.4 Å². The molecule has 2 aromatic carbocycles. The summed E-state index contributed by atoms with van der Waals surface area (Å²) in [6, 6.07) is 5.91. The first-order chi connectivity index (χ1) is 12.5. The number of rotatable bonds is 4. The Labute approximate surface area is 198 Å². The first kappa shape index (κ1) is 22.0. The van der Waals surface area contributed by atoms with E-state index in [-0.39, 0.29) is 15.5 Å². The molecule has 0 fully saturated rings. The Balaban J connectivity index is 2.11. The van der Waals surface area contributed by atoms with Crippen LogP contribution >= 0.6 is 67.8 Å². The molecule has 0 bridgehead atoms. The van der Waals surface area contributed by atoms with Crippen LogP contribution in [0.1, 0.15) is 24.0 Å². The van der Waals surface area contributed by atoms with Gasteiger partial charge in [-0.3, -0.25) is 4.55 Å². The molecule has 1 aliphatic rings. The predicted molar refractivity (Wildman–Crippen MR) is 125 cm³/mol. The Kier molecular flexibility index (Phi) is 6.68. The second-order valence-electron chi connectivity index (χ2n) is 5.94. The second-order valence-corrected chi connectivity index (χ2v) is 12.3. The molecule has 0 spiro atoms. The van der Waals surface area contributed by atoms with E-state index in [1.807, 2.05) is 51.2 Å². The van der Waals surface area contributed by atoms with Crippen molar-refractivity contribution in [2.75, 3.05) is 0 Å². The minimum Gasteiger partial charge on any atom is -0.379 e. The van der Waals surface area contributed by atoms with E-state index < -0.39 is 20.2 Å². The zero-order chi connectivity index (χ0) is 20.0. The van der Waals surface area contributed by atoms with Crippen LogP contribution in [0.4, 0.5) is 0 Å². The van der Waals surface area contributed by atoms with Gasteiger partial charge in [0.25, 0.3) is 10.1 Å². The highest BCUT2D eigenvalue weighted by Crippen LogP contribution is 2.36. The van der Waals surface area contributed by atoms with Gasteiger partial charge in [0, 0.05) is 16.3 Å². The molecule has 3 rings (SSSR count). The predicted octanol–water partition coefficient (Wildman–Crippen LogP) is 4.39. The Morgan fingerprint density at radius 1 is 0.889 bits per heavy atom. The van der Waals surface area contributed by atoms with Crippen molar-refractivity contribution in [3.63, 3.8) is 0 Å².